The van der Waals surface area contributed by atoms with Crippen LogP contribution < -0.4 is 10.2 Å². The maximum Gasteiger partial charge on any atom is 0.311 e. The van der Waals surface area contributed by atoms with Crippen LogP contribution in [0.1, 0.15) is 28.7 Å². The van der Waals surface area contributed by atoms with Crippen LogP contribution in [0.4, 0.5) is 11.4 Å². The minimum Gasteiger partial charge on any atom is -0.455 e. The van der Waals surface area contributed by atoms with Gasteiger partial charge < -0.3 is 15.0 Å². The van der Waals surface area contributed by atoms with Crippen molar-refractivity contribution in [1.29, 1.82) is 0 Å². The van der Waals surface area contributed by atoms with E-state index < -0.39 is 17.8 Å². The zero-order chi connectivity index (χ0) is 21.1. The number of carbonyl (C=O) groups is 3. The molecule has 0 saturated carbocycles. The topological polar surface area (TPSA) is 75.7 Å². The van der Waals surface area contributed by atoms with Gasteiger partial charge >= 0.3 is 5.97 Å². The summed E-state index contributed by atoms with van der Waals surface area (Å²) in [6, 6.07) is 11.4. The second-order valence-corrected chi connectivity index (χ2v) is 7.60. The Balaban J connectivity index is 1.56. The highest BCUT2D eigenvalue weighted by atomic mass is 16.5. The molecule has 0 unspecified atom stereocenters. The third kappa shape index (κ3) is 4.65. The van der Waals surface area contributed by atoms with E-state index in [0.29, 0.717) is 5.69 Å². The van der Waals surface area contributed by atoms with Crippen LogP contribution in [0.2, 0.25) is 0 Å². The lowest BCUT2D eigenvalue weighted by atomic mass is 10.1. The quantitative estimate of drug-likeness (QED) is 0.788. The fraction of sp³-hybridized carbons (Fsp3) is 0.348. The first kappa shape index (κ1) is 20.6. The number of amides is 2. The Labute approximate surface area is 170 Å². The maximum absolute atomic E-state index is 12.5. The molecule has 1 atom stereocenters. The number of carbonyl (C=O) groups excluding carboxylic acids is 3. The van der Waals surface area contributed by atoms with Crippen LogP contribution in [0.3, 0.4) is 0 Å². The lowest BCUT2D eigenvalue weighted by Crippen LogP contribution is -2.29. The fourth-order valence-corrected chi connectivity index (χ4v) is 3.58. The van der Waals surface area contributed by atoms with Crippen LogP contribution in [0.5, 0.6) is 0 Å². The number of nitrogens with zero attached hydrogens (tertiary/aromatic N) is 1. The molecular weight excluding hydrogens is 368 g/mol. The molecule has 0 aliphatic carbocycles. The molecule has 1 fully saturated rings. The summed E-state index contributed by atoms with van der Waals surface area (Å²) in [6.45, 7) is 7.73. The largest absolute Gasteiger partial charge is 0.455 e. The molecule has 2 amide bonds. The predicted octanol–water partition coefficient (Wildman–Crippen LogP) is 3.46. The highest BCUT2D eigenvalue weighted by Gasteiger charge is 2.37. The Morgan fingerprint density at radius 3 is 2.38 bits per heavy atom. The standard InChI is InChI=1S/C23H26N2O4/c1-14-8-9-19(10-17(14)4)24-20(26)13-29-23(28)18-11-21(27)25(12-18)22-15(2)6-5-7-16(22)3/h5-10,18H,11-13H2,1-4H3,(H,24,26)/t18-/m0/s1. The third-order valence-corrected chi connectivity index (χ3v) is 5.30. The number of rotatable bonds is 5. The van der Waals surface area contributed by atoms with E-state index in [1.54, 1.807) is 11.0 Å². The van der Waals surface area contributed by atoms with E-state index >= 15 is 0 Å². The average molecular weight is 394 g/mol. The van der Waals surface area contributed by atoms with Crippen molar-refractivity contribution in [3.8, 4) is 0 Å². The summed E-state index contributed by atoms with van der Waals surface area (Å²) >= 11 is 0. The van der Waals surface area contributed by atoms with E-state index in [2.05, 4.69) is 5.32 Å². The van der Waals surface area contributed by atoms with Gasteiger partial charge in [0.25, 0.3) is 5.91 Å². The Bertz CT molecular complexity index is 947. The third-order valence-electron chi connectivity index (χ3n) is 5.30. The van der Waals surface area contributed by atoms with Crippen molar-refractivity contribution in [2.45, 2.75) is 34.1 Å². The van der Waals surface area contributed by atoms with Gasteiger partial charge in [0.15, 0.2) is 6.61 Å². The highest BCUT2D eigenvalue weighted by molar-refractivity contribution is 6.01. The Hall–Kier alpha value is -3.15. The van der Waals surface area contributed by atoms with Gasteiger partial charge in [0.05, 0.1) is 5.92 Å². The van der Waals surface area contributed by atoms with Gasteiger partial charge in [-0.2, -0.15) is 0 Å². The molecule has 2 aromatic carbocycles. The van der Waals surface area contributed by atoms with Crippen molar-refractivity contribution in [3.05, 3.63) is 58.7 Å². The summed E-state index contributed by atoms with van der Waals surface area (Å²) in [6.07, 6.45) is 0.0887. The molecule has 0 aromatic heterocycles. The summed E-state index contributed by atoms with van der Waals surface area (Å²) in [5.74, 6) is -1.61. The van der Waals surface area contributed by atoms with E-state index in [1.165, 1.54) is 0 Å². The smallest absolute Gasteiger partial charge is 0.311 e. The molecule has 1 aliphatic heterocycles. The Morgan fingerprint density at radius 2 is 1.72 bits per heavy atom. The van der Waals surface area contributed by atoms with Crippen molar-refractivity contribution < 1.29 is 19.1 Å². The monoisotopic (exact) mass is 394 g/mol. The second kappa shape index (κ2) is 8.47. The zero-order valence-electron chi connectivity index (χ0n) is 17.2. The number of hydrogen-bond acceptors (Lipinski definition) is 4. The average Bonchev–Trinajstić information content (AvgIpc) is 3.04. The van der Waals surface area contributed by atoms with Gasteiger partial charge in [-0.3, -0.25) is 14.4 Å². The molecule has 1 heterocycles. The van der Waals surface area contributed by atoms with E-state index in [0.717, 1.165) is 27.9 Å². The summed E-state index contributed by atoms with van der Waals surface area (Å²) in [5.41, 5.74) is 5.68. The van der Waals surface area contributed by atoms with Crippen molar-refractivity contribution >= 4 is 29.2 Å². The predicted molar refractivity (Wildman–Crippen MR) is 112 cm³/mol. The number of anilines is 2. The van der Waals surface area contributed by atoms with Gasteiger partial charge in [-0.25, -0.2) is 0 Å². The van der Waals surface area contributed by atoms with Gasteiger partial charge in [-0.05, 0) is 62.1 Å². The van der Waals surface area contributed by atoms with Crippen molar-refractivity contribution in [1.82, 2.24) is 0 Å². The molecule has 6 nitrogen and oxygen atoms in total. The first-order valence-corrected chi connectivity index (χ1v) is 9.66. The zero-order valence-corrected chi connectivity index (χ0v) is 17.2. The molecule has 3 rings (SSSR count). The van der Waals surface area contributed by atoms with E-state index in [-0.39, 0.29) is 25.5 Å². The van der Waals surface area contributed by atoms with Gasteiger partial charge in [-0.15, -0.1) is 0 Å². The van der Waals surface area contributed by atoms with E-state index in [4.69, 9.17) is 4.74 Å². The van der Waals surface area contributed by atoms with Crippen molar-refractivity contribution in [2.24, 2.45) is 5.92 Å². The molecular formula is C23H26N2O4. The maximum atomic E-state index is 12.5. The van der Waals surface area contributed by atoms with Crippen LogP contribution in [-0.2, 0) is 19.1 Å². The van der Waals surface area contributed by atoms with Crippen LogP contribution >= 0.6 is 0 Å². The lowest BCUT2D eigenvalue weighted by Gasteiger charge is -2.21. The summed E-state index contributed by atoms with van der Waals surface area (Å²) in [7, 11) is 0. The van der Waals surface area contributed by atoms with Crippen LogP contribution in [0.25, 0.3) is 0 Å². The number of aryl methyl sites for hydroxylation is 4. The van der Waals surface area contributed by atoms with Gasteiger partial charge in [0.2, 0.25) is 5.91 Å². The minimum absolute atomic E-state index is 0.0887. The van der Waals surface area contributed by atoms with Gasteiger partial charge in [0.1, 0.15) is 0 Å². The van der Waals surface area contributed by atoms with Gasteiger partial charge in [-0.1, -0.05) is 24.3 Å². The molecule has 152 valence electrons. The van der Waals surface area contributed by atoms with E-state index in [1.807, 2.05) is 58.0 Å². The molecule has 0 radical (unpaired) electrons. The fourth-order valence-electron chi connectivity index (χ4n) is 3.58. The lowest BCUT2D eigenvalue weighted by molar-refractivity contribution is -0.151. The van der Waals surface area contributed by atoms with E-state index in [9.17, 15) is 14.4 Å². The molecule has 29 heavy (non-hydrogen) atoms. The van der Waals surface area contributed by atoms with Crippen molar-refractivity contribution in [3.63, 3.8) is 0 Å². The molecule has 6 heteroatoms. The number of nitrogens with one attached hydrogen (secondary N) is 1. The Kier molecular flexibility index (Phi) is 6.01. The molecule has 2 aromatic rings. The first-order valence-electron chi connectivity index (χ1n) is 9.66. The van der Waals surface area contributed by atoms with Crippen LogP contribution in [-0.4, -0.2) is 30.9 Å². The number of ether oxygens (including phenoxy) is 1. The number of esters is 1. The summed E-state index contributed by atoms with van der Waals surface area (Å²) in [4.78, 5) is 38.6. The SMILES string of the molecule is Cc1ccc(NC(=O)COC(=O)[C@H]2CC(=O)N(c3c(C)cccc3C)C2)cc1C. The molecule has 1 aliphatic rings. The summed E-state index contributed by atoms with van der Waals surface area (Å²) < 4.78 is 5.18. The normalized spacial score (nSPS) is 16.1. The van der Waals surface area contributed by atoms with Crippen molar-refractivity contribution in [2.75, 3.05) is 23.4 Å². The highest BCUT2D eigenvalue weighted by Crippen LogP contribution is 2.31. The van der Waals surface area contributed by atoms with Crippen LogP contribution in [0.15, 0.2) is 36.4 Å². The summed E-state index contributed by atoms with van der Waals surface area (Å²) in [5, 5.41) is 2.72. The second-order valence-electron chi connectivity index (χ2n) is 7.60. The molecule has 1 saturated heterocycles. The first-order chi connectivity index (χ1) is 13.8. The van der Waals surface area contributed by atoms with Crippen LogP contribution in [0, 0.1) is 33.6 Å². The number of hydrogen-bond donors (Lipinski definition) is 1. The molecule has 1 N–H and O–H groups in total. The van der Waals surface area contributed by atoms with Gasteiger partial charge in [0, 0.05) is 24.3 Å². The molecule has 0 spiro atoms. The Morgan fingerprint density at radius 1 is 1.03 bits per heavy atom. The number of para-hydroxylation sites is 1. The molecule has 0 bridgehead atoms. The number of benzene rings is 2. The minimum atomic E-state index is -0.573.